The minimum absolute atomic E-state index is 0.0934. The summed E-state index contributed by atoms with van der Waals surface area (Å²) >= 11 is 5.76. The number of benzene rings is 1. The van der Waals surface area contributed by atoms with E-state index >= 15 is 0 Å². The molecule has 0 amide bonds. The Balaban J connectivity index is 2.06. The van der Waals surface area contributed by atoms with Crippen molar-refractivity contribution >= 4 is 11.6 Å². The van der Waals surface area contributed by atoms with Gasteiger partial charge in [-0.05, 0) is 32.9 Å². The van der Waals surface area contributed by atoms with Crippen molar-refractivity contribution in [2.75, 3.05) is 0 Å². The molecule has 102 valence electrons. The van der Waals surface area contributed by atoms with Crippen molar-refractivity contribution in [3.8, 4) is 0 Å². The minimum Gasteiger partial charge on any atom is -0.466 e. The molecular formula is C15H17ClFNO. The average molecular weight is 282 g/mol. The highest BCUT2D eigenvalue weighted by Crippen LogP contribution is 2.22. The van der Waals surface area contributed by atoms with E-state index in [9.17, 15) is 4.39 Å². The van der Waals surface area contributed by atoms with E-state index in [1.165, 1.54) is 0 Å². The smallest absolute Gasteiger partial charge is 0.146 e. The molecule has 0 fully saturated rings. The van der Waals surface area contributed by atoms with Crippen molar-refractivity contribution in [1.82, 2.24) is 5.32 Å². The molecule has 2 aromatic rings. The average Bonchev–Trinajstić information content (AvgIpc) is 2.70. The Morgan fingerprint density at radius 2 is 2.11 bits per heavy atom. The summed E-state index contributed by atoms with van der Waals surface area (Å²) in [5, 5.41) is 3.43. The van der Waals surface area contributed by atoms with Gasteiger partial charge in [0, 0.05) is 23.7 Å². The summed E-state index contributed by atoms with van der Waals surface area (Å²) in [7, 11) is 0. The molecule has 1 unspecified atom stereocenters. The van der Waals surface area contributed by atoms with E-state index in [1.54, 1.807) is 18.2 Å². The summed E-state index contributed by atoms with van der Waals surface area (Å²) < 4.78 is 19.2. The lowest BCUT2D eigenvalue weighted by Crippen LogP contribution is -2.19. The fraction of sp³-hybridized carbons (Fsp3) is 0.333. The molecule has 0 aliphatic heterocycles. The van der Waals surface area contributed by atoms with Gasteiger partial charge in [-0.1, -0.05) is 23.7 Å². The van der Waals surface area contributed by atoms with Crippen LogP contribution in [0, 0.1) is 19.7 Å². The van der Waals surface area contributed by atoms with Gasteiger partial charge >= 0.3 is 0 Å². The van der Waals surface area contributed by atoms with Gasteiger partial charge in [-0.3, -0.25) is 0 Å². The topological polar surface area (TPSA) is 25.2 Å². The molecule has 1 atom stereocenters. The van der Waals surface area contributed by atoms with E-state index in [2.05, 4.69) is 5.32 Å². The van der Waals surface area contributed by atoms with Gasteiger partial charge in [0.25, 0.3) is 0 Å². The Labute approximate surface area is 117 Å². The first-order valence-electron chi connectivity index (χ1n) is 6.22. The quantitative estimate of drug-likeness (QED) is 0.890. The third kappa shape index (κ3) is 3.17. The number of hydrogen-bond acceptors (Lipinski definition) is 2. The Morgan fingerprint density at radius 3 is 2.74 bits per heavy atom. The highest BCUT2D eigenvalue weighted by molar-refractivity contribution is 6.30. The van der Waals surface area contributed by atoms with Crippen LogP contribution in [-0.4, -0.2) is 0 Å². The van der Waals surface area contributed by atoms with E-state index in [-0.39, 0.29) is 16.9 Å². The van der Waals surface area contributed by atoms with Gasteiger partial charge in [0.05, 0.1) is 5.02 Å². The molecule has 19 heavy (non-hydrogen) atoms. The first kappa shape index (κ1) is 14.1. The third-order valence-electron chi connectivity index (χ3n) is 3.18. The number of aryl methyl sites for hydroxylation is 2. The Morgan fingerprint density at radius 1 is 1.37 bits per heavy atom. The van der Waals surface area contributed by atoms with Crippen LogP contribution in [-0.2, 0) is 6.54 Å². The van der Waals surface area contributed by atoms with Crippen LogP contribution in [0.4, 0.5) is 4.39 Å². The van der Waals surface area contributed by atoms with Crippen LogP contribution in [0.5, 0.6) is 0 Å². The van der Waals surface area contributed by atoms with E-state index < -0.39 is 0 Å². The van der Waals surface area contributed by atoms with E-state index in [1.807, 2.05) is 26.8 Å². The van der Waals surface area contributed by atoms with Crippen LogP contribution in [0.3, 0.4) is 0 Å². The lowest BCUT2D eigenvalue weighted by Gasteiger charge is -2.13. The van der Waals surface area contributed by atoms with E-state index in [0.29, 0.717) is 12.1 Å². The maximum atomic E-state index is 13.7. The van der Waals surface area contributed by atoms with Gasteiger partial charge in [-0.15, -0.1) is 0 Å². The first-order chi connectivity index (χ1) is 8.99. The van der Waals surface area contributed by atoms with E-state index in [0.717, 1.165) is 17.1 Å². The van der Waals surface area contributed by atoms with Gasteiger partial charge in [0.1, 0.15) is 17.3 Å². The van der Waals surface area contributed by atoms with Gasteiger partial charge in [-0.25, -0.2) is 4.39 Å². The Bertz CT molecular complexity index is 580. The lowest BCUT2D eigenvalue weighted by atomic mass is 10.1. The Kier molecular flexibility index (Phi) is 4.27. The van der Waals surface area contributed by atoms with Crippen molar-refractivity contribution in [3.05, 3.63) is 57.8 Å². The van der Waals surface area contributed by atoms with Crippen molar-refractivity contribution in [2.24, 2.45) is 0 Å². The molecule has 2 nitrogen and oxygen atoms in total. The number of halogens is 2. The van der Waals surface area contributed by atoms with Crippen LogP contribution in [0.15, 0.2) is 28.7 Å². The van der Waals surface area contributed by atoms with Gasteiger partial charge in [-0.2, -0.15) is 0 Å². The predicted molar refractivity (Wildman–Crippen MR) is 74.8 cm³/mol. The standard InChI is InChI=1S/C15H17ClFNO/c1-9-7-13(11(3)19-9)10(2)18-8-12-5-4-6-14(16)15(12)17/h4-7,10,18H,8H2,1-3H3. The summed E-state index contributed by atoms with van der Waals surface area (Å²) in [5.41, 5.74) is 1.66. The first-order valence-corrected chi connectivity index (χ1v) is 6.60. The zero-order chi connectivity index (χ0) is 14.0. The number of hydrogen-bond donors (Lipinski definition) is 1. The summed E-state index contributed by atoms with van der Waals surface area (Å²) in [5.74, 6) is 1.42. The molecule has 0 aliphatic carbocycles. The summed E-state index contributed by atoms with van der Waals surface area (Å²) in [4.78, 5) is 0. The third-order valence-corrected chi connectivity index (χ3v) is 3.47. The maximum Gasteiger partial charge on any atom is 0.146 e. The largest absolute Gasteiger partial charge is 0.466 e. The molecule has 0 radical (unpaired) electrons. The van der Waals surface area contributed by atoms with Crippen LogP contribution >= 0.6 is 11.6 Å². The molecule has 1 heterocycles. The van der Waals surface area contributed by atoms with Gasteiger partial charge in [0.2, 0.25) is 0 Å². The molecule has 2 rings (SSSR count). The van der Waals surface area contributed by atoms with Crippen molar-refractivity contribution in [3.63, 3.8) is 0 Å². The zero-order valence-electron chi connectivity index (χ0n) is 11.3. The zero-order valence-corrected chi connectivity index (χ0v) is 12.0. The number of rotatable bonds is 4. The van der Waals surface area contributed by atoms with Crippen molar-refractivity contribution in [1.29, 1.82) is 0 Å². The SMILES string of the molecule is Cc1cc(C(C)NCc2cccc(Cl)c2F)c(C)o1. The predicted octanol–water partition coefficient (Wildman–Crippen LogP) is 4.54. The molecular weight excluding hydrogens is 265 g/mol. The fourth-order valence-corrected chi connectivity index (χ4v) is 2.33. The summed E-state index contributed by atoms with van der Waals surface area (Å²) in [6, 6.07) is 7.12. The molecule has 1 aromatic heterocycles. The minimum atomic E-state index is -0.357. The molecule has 4 heteroatoms. The van der Waals surface area contributed by atoms with Gasteiger partial charge in [0.15, 0.2) is 0 Å². The van der Waals surface area contributed by atoms with Crippen molar-refractivity contribution in [2.45, 2.75) is 33.4 Å². The second-order valence-electron chi connectivity index (χ2n) is 4.68. The molecule has 0 saturated heterocycles. The molecule has 0 saturated carbocycles. The second-order valence-corrected chi connectivity index (χ2v) is 5.09. The lowest BCUT2D eigenvalue weighted by molar-refractivity contribution is 0.487. The second kappa shape index (κ2) is 5.76. The van der Waals surface area contributed by atoms with Crippen LogP contribution < -0.4 is 5.32 Å². The highest BCUT2D eigenvalue weighted by atomic mass is 35.5. The summed E-state index contributed by atoms with van der Waals surface area (Å²) in [6.45, 7) is 6.30. The van der Waals surface area contributed by atoms with E-state index in [4.69, 9.17) is 16.0 Å². The van der Waals surface area contributed by atoms with Crippen LogP contribution in [0.2, 0.25) is 5.02 Å². The number of nitrogens with one attached hydrogen (secondary N) is 1. The highest BCUT2D eigenvalue weighted by Gasteiger charge is 2.13. The molecule has 1 N–H and O–H groups in total. The van der Waals surface area contributed by atoms with Gasteiger partial charge < -0.3 is 9.73 Å². The Hall–Kier alpha value is -1.32. The normalized spacial score (nSPS) is 12.7. The number of furan rings is 1. The monoisotopic (exact) mass is 281 g/mol. The maximum absolute atomic E-state index is 13.7. The van der Waals surface area contributed by atoms with Crippen LogP contribution in [0.25, 0.3) is 0 Å². The molecule has 0 spiro atoms. The molecule has 0 aliphatic rings. The van der Waals surface area contributed by atoms with Crippen molar-refractivity contribution < 1.29 is 8.81 Å². The molecule has 1 aromatic carbocycles. The summed E-state index contributed by atoms with van der Waals surface area (Å²) in [6.07, 6.45) is 0. The fourth-order valence-electron chi connectivity index (χ4n) is 2.14. The molecule has 0 bridgehead atoms. The van der Waals surface area contributed by atoms with Crippen LogP contribution in [0.1, 0.15) is 35.6 Å².